The summed E-state index contributed by atoms with van der Waals surface area (Å²) in [7, 11) is -3.39. The smallest absolute Gasteiger partial charge is 0.305 e. The van der Waals surface area contributed by atoms with Crippen molar-refractivity contribution in [2.75, 3.05) is 19.3 Å². The van der Waals surface area contributed by atoms with E-state index in [1.54, 1.807) is 6.92 Å². The van der Waals surface area contributed by atoms with Gasteiger partial charge in [0.1, 0.15) is 0 Å². The van der Waals surface area contributed by atoms with Crippen molar-refractivity contribution in [1.29, 1.82) is 0 Å². The second kappa shape index (κ2) is 5.23. The van der Waals surface area contributed by atoms with Crippen molar-refractivity contribution < 1.29 is 23.1 Å². The molecule has 1 saturated heterocycles. The highest BCUT2D eigenvalue weighted by Gasteiger charge is 2.37. The lowest BCUT2D eigenvalue weighted by atomic mass is 10.1. The Morgan fingerprint density at radius 3 is 2.28 bits per heavy atom. The summed E-state index contributed by atoms with van der Waals surface area (Å²) in [6.45, 7) is 3.32. The van der Waals surface area contributed by atoms with Crippen molar-refractivity contribution in [3.63, 3.8) is 0 Å². The Morgan fingerprint density at radius 2 is 1.89 bits per heavy atom. The molecular weight excluding hydrogens is 260 g/mol. The van der Waals surface area contributed by atoms with Gasteiger partial charge in [-0.05, 0) is 6.92 Å². The second-order valence-electron chi connectivity index (χ2n) is 4.60. The van der Waals surface area contributed by atoms with Crippen molar-refractivity contribution in [2.24, 2.45) is 0 Å². The van der Waals surface area contributed by atoms with Gasteiger partial charge in [-0.1, -0.05) is 0 Å². The number of piperazine rings is 1. The van der Waals surface area contributed by atoms with E-state index in [4.69, 9.17) is 5.11 Å². The Bertz CT molecular complexity index is 447. The second-order valence-corrected chi connectivity index (χ2v) is 6.54. The summed E-state index contributed by atoms with van der Waals surface area (Å²) in [5, 5.41) is 8.81. The number of aliphatic carboxylic acids is 1. The Hall–Kier alpha value is -1.15. The van der Waals surface area contributed by atoms with Crippen LogP contribution in [-0.4, -0.2) is 66.0 Å². The normalized spacial score (nSPS) is 26.1. The summed E-state index contributed by atoms with van der Waals surface area (Å²) in [6, 6.07) is -0.945. The third-order valence-corrected chi connectivity index (χ3v) is 4.39. The molecule has 0 aromatic heterocycles. The maximum Gasteiger partial charge on any atom is 0.305 e. The topological polar surface area (TPSA) is 95.0 Å². The number of amides is 1. The van der Waals surface area contributed by atoms with Gasteiger partial charge in [0, 0.05) is 26.1 Å². The van der Waals surface area contributed by atoms with E-state index in [0.717, 1.165) is 6.26 Å². The number of sulfonamides is 1. The average molecular weight is 278 g/mol. The predicted molar refractivity (Wildman–Crippen MR) is 64.4 cm³/mol. The van der Waals surface area contributed by atoms with Gasteiger partial charge in [-0.2, -0.15) is 4.31 Å². The molecule has 1 heterocycles. The Labute approximate surface area is 106 Å². The van der Waals surface area contributed by atoms with E-state index in [0.29, 0.717) is 0 Å². The zero-order valence-electron chi connectivity index (χ0n) is 10.7. The van der Waals surface area contributed by atoms with Crippen LogP contribution >= 0.6 is 0 Å². The van der Waals surface area contributed by atoms with Crippen molar-refractivity contribution >= 4 is 21.9 Å². The van der Waals surface area contributed by atoms with Gasteiger partial charge in [0.05, 0.1) is 18.7 Å². The summed E-state index contributed by atoms with van der Waals surface area (Å²) in [6.07, 6.45) is 0.836. The average Bonchev–Trinajstić information content (AvgIpc) is 2.17. The fraction of sp³-hybridized carbons (Fsp3) is 0.800. The van der Waals surface area contributed by atoms with Gasteiger partial charge >= 0.3 is 5.97 Å². The molecule has 0 bridgehead atoms. The van der Waals surface area contributed by atoms with Crippen LogP contribution in [0, 0.1) is 0 Å². The highest BCUT2D eigenvalue weighted by Crippen LogP contribution is 2.20. The highest BCUT2D eigenvalue weighted by molar-refractivity contribution is 7.88. The summed E-state index contributed by atoms with van der Waals surface area (Å²) >= 11 is 0. The monoisotopic (exact) mass is 278 g/mol. The molecule has 0 radical (unpaired) electrons. The Kier molecular flexibility index (Phi) is 4.33. The molecule has 1 aliphatic rings. The third-order valence-electron chi connectivity index (χ3n) is 3.02. The number of carbonyl (C=O) groups is 2. The van der Waals surface area contributed by atoms with Crippen molar-refractivity contribution in [1.82, 2.24) is 9.21 Å². The summed E-state index contributed by atoms with van der Waals surface area (Å²) in [4.78, 5) is 23.7. The summed E-state index contributed by atoms with van der Waals surface area (Å²) in [5.41, 5.74) is 0. The van der Waals surface area contributed by atoms with Crippen LogP contribution in [0.1, 0.15) is 20.3 Å². The molecule has 1 fully saturated rings. The van der Waals surface area contributed by atoms with Crippen LogP contribution < -0.4 is 0 Å². The number of nitrogens with zero attached hydrogens (tertiary/aromatic N) is 2. The van der Waals surface area contributed by atoms with Gasteiger partial charge in [-0.15, -0.1) is 0 Å². The van der Waals surface area contributed by atoms with Crippen LogP contribution in [-0.2, 0) is 19.6 Å². The van der Waals surface area contributed by atoms with Gasteiger partial charge in [-0.3, -0.25) is 9.59 Å². The van der Waals surface area contributed by atoms with E-state index in [2.05, 4.69) is 0 Å². The SMILES string of the molecule is CC(=O)N1C[C@H](C)N(S(C)(=O)=O)C[C@@H]1CC(=O)O. The first-order valence-electron chi connectivity index (χ1n) is 5.58. The maximum absolute atomic E-state index is 11.6. The Balaban J connectivity index is 2.96. The first kappa shape index (κ1) is 14.9. The van der Waals surface area contributed by atoms with E-state index in [-0.39, 0.29) is 31.5 Å². The number of carbonyl (C=O) groups excluding carboxylic acids is 1. The molecule has 7 nitrogen and oxygen atoms in total. The predicted octanol–water partition coefficient (Wildman–Crippen LogP) is -0.658. The number of hydrogen-bond donors (Lipinski definition) is 1. The third kappa shape index (κ3) is 3.42. The lowest BCUT2D eigenvalue weighted by Crippen LogP contribution is -2.60. The molecule has 1 aliphatic heterocycles. The lowest BCUT2D eigenvalue weighted by molar-refractivity contribution is -0.142. The molecule has 18 heavy (non-hydrogen) atoms. The molecule has 1 N–H and O–H groups in total. The van der Waals surface area contributed by atoms with Crippen LogP contribution in [0.4, 0.5) is 0 Å². The number of carboxylic acid groups (broad SMARTS) is 1. The van der Waals surface area contributed by atoms with Crippen molar-refractivity contribution in [2.45, 2.75) is 32.4 Å². The van der Waals surface area contributed by atoms with E-state index in [1.807, 2.05) is 0 Å². The molecule has 1 rings (SSSR count). The molecule has 0 aromatic rings. The molecule has 0 spiro atoms. The molecule has 104 valence electrons. The largest absolute Gasteiger partial charge is 0.481 e. The number of carboxylic acids is 1. The maximum atomic E-state index is 11.6. The van der Waals surface area contributed by atoms with Crippen molar-refractivity contribution in [3.8, 4) is 0 Å². The van der Waals surface area contributed by atoms with Crippen molar-refractivity contribution in [3.05, 3.63) is 0 Å². The summed E-state index contributed by atoms with van der Waals surface area (Å²) in [5.74, 6) is -1.28. The van der Waals surface area contributed by atoms with Crippen LogP contribution in [0.5, 0.6) is 0 Å². The van der Waals surface area contributed by atoms with Gasteiger partial charge in [0.15, 0.2) is 0 Å². The van der Waals surface area contributed by atoms with Crippen LogP contribution in [0.15, 0.2) is 0 Å². The fourth-order valence-electron chi connectivity index (χ4n) is 2.24. The molecule has 8 heteroatoms. The molecule has 0 aliphatic carbocycles. The van der Waals surface area contributed by atoms with E-state index < -0.39 is 22.0 Å². The van der Waals surface area contributed by atoms with E-state index in [1.165, 1.54) is 16.1 Å². The number of rotatable bonds is 3. The molecular formula is C10H18N2O5S. The zero-order chi connectivity index (χ0) is 14.1. The van der Waals surface area contributed by atoms with Gasteiger partial charge in [0.2, 0.25) is 15.9 Å². The minimum absolute atomic E-state index is 0.0336. The molecule has 2 atom stereocenters. The zero-order valence-corrected chi connectivity index (χ0v) is 11.5. The molecule has 0 unspecified atom stereocenters. The minimum Gasteiger partial charge on any atom is -0.481 e. The van der Waals surface area contributed by atoms with Gasteiger partial charge < -0.3 is 10.0 Å². The Morgan fingerprint density at radius 1 is 1.33 bits per heavy atom. The van der Waals surface area contributed by atoms with E-state index in [9.17, 15) is 18.0 Å². The standard InChI is InChI=1S/C10H18N2O5S/c1-7-5-11(8(2)13)9(4-10(14)15)6-12(7)18(3,16)17/h7,9H,4-6H2,1-3H3,(H,14,15)/t7-,9-/m0/s1. The number of hydrogen-bond acceptors (Lipinski definition) is 4. The minimum atomic E-state index is -3.39. The van der Waals surface area contributed by atoms with Crippen LogP contribution in [0.25, 0.3) is 0 Å². The van der Waals surface area contributed by atoms with Crippen LogP contribution in [0.2, 0.25) is 0 Å². The first-order valence-corrected chi connectivity index (χ1v) is 7.43. The van der Waals surface area contributed by atoms with Gasteiger partial charge in [0.25, 0.3) is 0 Å². The fourth-order valence-corrected chi connectivity index (χ4v) is 3.40. The van der Waals surface area contributed by atoms with E-state index >= 15 is 0 Å². The highest BCUT2D eigenvalue weighted by atomic mass is 32.2. The molecule has 0 saturated carbocycles. The molecule has 0 aromatic carbocycles. The van der Waals surface area contributed by atoms with Gasteiger partial charge in [-0.25, -0.2) is 8.42 Å². The first-order chi connectivity index (χ1) is 8.12. The molecule has 1 amide bonds. The lowest BCUT2D eigenvalue weighted by Gasteiger charge is -2.43. The summed E-state index contributed by atoms with van der Waals surface area (Å²) < 4.78 is 24.4. The quantitative estimate of drug-likeness (QED) is 0.739. The van der Waals surface area contributed by atoms with Crippen LogP contribution in [0.3, 0.4) is 0 Å².